The number of ketones is 1. The molecule has 0 radical (unpaired) electrons. The van der Waals surface area contributed by atoms with Crippen LogP contribution in [0.5, 0.6) is 0 Å². The Labute approximate surface area is 179 Å². The molecule has 0 aliphatic heterocycles. The number of esters is 1. The molecule has 0 N–H and O–H groups in total. The minimum Gasteiger partial charge on any atom is -0.460 e. The fourth-order valence-corrected chi connectivity index (χ4v) is 16.7. The van der Waals surface area contributed by atoms with E-state index < -0.39 is 36.9 Å². The van der Waals surface area contributed by atoms with Gasteiger partial charge in [0.15, 0.2) is 16.6 Å². The molecule has 0 heterocycles. The average molecular weight is 455 g/mol. The van der Waals surface area contributed by atoms with Gasteiger partial charge in [-0.15, -0.1) is 0 Å². The second-order valence-corrected chi connectivity index (χ2v) is 22.1. The van der Waals surface area contributed by atoms with Gasteiger partial charge in [0.25, 0.3) is 5.78 Å². The molecule has 1 aromatic rings. The normalized spacial score (nSPS) is 12.7. The van der Waals surface area contributed by atoms with E-state index in [-0.39, 0.29) is 0 Å². The summed E-state index contributed by atoms with van der Waals surface area (Å²) in [6, 6.07) is 9.61. The van der Waals surface area contributed by atoms with E-state index >= 15 is 0 Å². The van der Waals surface area contributed by atoms with Crippen LogP contribution in [0, 0.1) is 0 Å². The Hall–Kier alpha value is -1.07. The zero-order chi connectivity index (χ0) is 22.1. The van der Waals surface area contributed by atoms with Gasteiger partial charge in [-0.05, 0) is 58.3 Å². The molecular formula is C21H38O5Si3. The molecule has 0 fully saturated rings. The molecule has 0 aliphatic rings. The lowest BCUT2D eigenvalue weighted by Crippen LogP contribution is -2.51. The van der Waals surface area contributed by atoms with Crippen molar-refractivity contribution in [1.82, 2.24) is 0 Å². The van der Waals surface area contributed by atoms with E-state index in [4.69, 9.17) is 13.0 Å². The lowest BCUT2D eigenvalue weighted by atomic mass is 10.1. The van der Waals surface area contributed by atoms with Gasteiger partial charge < -0.3 is 13.0 Å². The summed E-state index contributed by atoms with van der Waals surface area (Å²) < 4.78 is 17.9. The first-order valence-electron chi connectivity index (χ1n) is 10.5. The van der Waals surface area contributed by atoms with Gasteiger partial charge in [-0.2, -0.15) is 0 Å². The van der Waals surface area contributed by atoms with Crippen LogP contribution in [0.1, 0.15) is 36.0 Å². The van der Waals surface area contributed by atoms with Gasteiger partial charge in [0.1, 0.15) is 0 Å². The average Bonchev–Trinajstić information content (AvgIpc) is 2.57. The van der Waals surface area contributed by atoms with E-state index in [1.807, 2.05) is 0 Å². The van der Waals surface area contributed by atoms with Crippen molar-refractivity contribution in [3.8, 4) is 0 Å². The molecule has 0 spiro atoms. The van der Waals surface area contributed by atoms with Crippen LogP contribution in [0.15, 0.2) is 30.3 Å². The predicted molar refractivity (Wildman–Crippen MR) is 125 cm³/mol. The van der Waals surface area contributed by atoms with Crippen LogP contribution in [0.4, 0.5) is 0 Å². The molecule has 1 rings (SSSR count). The van der Waals surface area contributed by atoms with Crippen LogP contribution >= 0.6 is 0 Å². The number of carbonyl (C=O) groups is 2. The van der Waals surface area contributed by atoms with Crippen molar-refractivity contribution in [3.63, 3.8) is 0 Å². The predicted octanol–water partition coefficient (Wildman–Crippen LogP) is 5.75. The summed E-state index contributed by atoms with van der Waals surface area (Å²) in [6.07, 6.45) is 3.92. The van der Waals surface area contributed by atoms with Crippen molar-refractivity contribution in [2.45, 2.75) is 77.6 Å². The van der Waals surface area contributed by atoms with E-state index in [9.17, 15) is 9.59 Å². The highest BCUT2D eigenvalue weighted by Crippen LogP contribution is 2.24. The number of hydrogen-bond acceptors (Lipinski definition) is 5. The summed E-state index contributed by atoms with van der Waals surface area (Å²) in [4.78, 5) is 23.7. The molecule has 0 unspecified atom stereocenters. The van der Waals surface area contributed by atoms with Crippen molar-refractivity contribution in [3.05, 3.63) is 35.9 Å². The maximum atomic E-state index is 11.9. The zero-order valence-corrected chi connectivity index (χ0v) is 22.2. The zero-order valence-electron chi connectivity index (χ0n) is 19.2. The van der Waals surface area contributed by atoms with Crippen molar-refractivity contribution in [2.75, 3.05) is 6.61 Å². The van der Waals surface area contributed by atoms with Gasteiger partial charge in [-0.1, -0.05) is 49.6 Å². The quantitative estimate of drug-likeness (QED) is 0.125. The molecule has 0 aliphatic carbocycles. The summed E-state index contributed by atoms with van der Waals surface area (Å²) >= 11 is 0. The first-order chi connectivity index (χ1) is 13.3. The molecule has 8 heteroatoms. The second-order valence-electron chi connectivity index (χ2n) is 9.47. The van der Waals surface area contributed by atoms with Crippen molar-refractivity contribution in [1.29, 1.82) is 0 Å². The standard InChI is InChI=1S/C21H38O5Si3/c1-27(2,3)25-29(6,7)26-28(4,5)18-14-9-8-13-17-24-21(23)20(22)19-15-11-10-12-16-19/h10-12,15-16H,8-9,13-14,17-18H2,1-7H3. The highest BCUT2D eigenvalue weighted by Gasteiger charge is 2.37. The van der Waals surface area contributed by atoms with Gasteiger partial charge in [-0.3, -0.25) is 4.79 Å². The lowest BCUT2D eigenvalue weighted by molar-refractivity contribution is -0.138. The van der Waals surface area contributed by atoms with Crippen molar-refractivity contribution in [2.24, 2.45) is 0 Å². The lowest BCUT2D eigenvalue weighted by Gasteiger charge is -2.37. The van der Waals surface area contributed by atoms with Gasteiger partial charge in [-0.25, -0.2) is 4.79 Å². The fraction of sp³-hybridized carbons (Fsp3) is 0.619. The topological polar surface area (TPSA) is 61.8 Å². The summed E-state index contributed by atoms with van der Waals surface area (Å²) in [5.41, 5.74) is 0.370. The Balaban J connectivity index is 2.21. The molecule has 164 valence electrons. The smallest absolute Gasteiger partial charge is 0.379 e. The number of Topliss-reactive ketones (excluding diaryl/α,β-unsaturated/α-hetero) is 1. The van der Waals surface area contributed by atoms with Crippen LogP contribution in [0.25, 0.3) is 0 Å². The Morgan fingerprint density at radius 2 is 1.38 bits per heavy atom. The number of hydrogen-bond donors (Lipinski definition) is 0. The van der Waals surface area contributed by atoms with E-state index in [1.54, 1.807) is 30.3 Å². The van der Waals surface area contributed by atoms with E-state index in [2.05, 4.69) is 45.8 Å². The second kappa shape index (κ2) is 11.4. The summed E-state index contributed by atoms with van der Waals surface area (Å²) in [7, 11) is -5.41. The molecule has 0 saturated heterocycles. The largest absolute Gasteiger partial charge is 0.460 e. The number of rotatable bonds is 13. The van der Waals surface area contributed by atoms with Gasteiger partial charge in [0, 0.05) is 5.56 Å². The van der Waals surface area contributed by atoms with E-state index in [0.717, 1.165) is 31.7 Å². The molecule has 0 amide bonds. The number of carbonyl (C=O) groups excluding carboxylic acids is 2. The Morgan fingerprint density at radius 3 is 1.97 bits per heavy atom. The van der Waals surface area contributed by atoms with Crippen LogP contribution in [-0.2, 0) is 17.8 Å². The van der Waals surface area contributed by atoms with Gasteiger partial charge in [0.2, 0.25) is 0 Å². The summed E-state index contributed by atoms with van der Waals surface area (Å²) in [5, 5.41) is 0. The van der Waals surface area contributed by atoms with Crippen LogP contribution in [0.3, 0.4) is 0 Å². The molecule has 0 atom stereocenters. The third-order valence-electron chi connectivity index (χ3n) is 4.20. The molecule has 0 saturated carbocycles. The first kappa shape index (κ1) is 26.0. The Morgan fingerprint density at radius 1 is 0.793 bits per heavy atom. The number of unbranched alkanes of at least 4 members (excludes halogenated alkanes) is 3. The highest BCUT2D eigenvalue weighted by atomic mass is 28.5. The Kier molecular flexibility index (Phi) is 10.2. The molecule has 0 bridgehead atoms. The van der Waals surface area contributed by atoms with Gasteiger partial charge >= 0.3 is 14.5 Å². The third-order valence-corrected chi connectivity index (χ3v) is 14.4. The van der Waals surface area contributed by atoms with Crippen LogP contribution in [-0.4, -0.2) is 43.6 Å². The molecular weight excluding hydrogens is 416 g/mol. The third kappa shape index (κ3) is 11.6. The number of ether oxygens (including phenoxy) is 1. The molecule has 29 heavy (non-hydrogen) atoms. The summed E-state index contributed by atoms with van der Waals surface area (Å²) in [5.74, 6) is -1.35. The maximum absolute atomic E-state index is 11.9. The SMILES string of the molecule is C[Si](C)(C)O[Si](C)(C)O[Si](C)(C)CCCCCCOC(=O)C(=O)c1ccccc1. The molecule has 5 nitrogen and oxygen atoms in total. The molecule has 0 aromatic heterocycles. The van der Waals surface area contributed by atoms with Crippen LogP contribution < -0.4 is 0 Å². The maximum Gasteiger partial charge on any atom is 0.379 e. The minimum absolute atomic E-state index is 0.290. The first-order valence-corrected chi connectivity index (χ1v) is 19.8. The fourth-order valence-electron chi connectivity index (χ4n) is 3.42. The number of benzene rings is 1. The summed E-state index contributed by atoms with van der Waals surface area (Å²) in [6.45, 7) is 15.8. The minimum atomic E-state index is -2.07. The van der Waals surface area contributed by atoms with Gasteiger partial charge in [0.05, 0.1) is 6.61 Å². The highest BCUT2D eigenvalue weighted by molar-refractivity contribution is 6.87. The van der Waals surface area contributed by atoms with Crippen LogP contribution in [0.2, 0.25) is 51.9 Å². The molecule has 1 aromatic carbocycles. The monoisotopic (exact) mass is 454 g/mol. The van der Waals surface area contributed by atoms with Crippen molar-refractivity contribution >= 4 is 36.9 Å². The Bertz CT molecular complexity index is 654. The van der Waals surface area contributed by atoms with E-state index in [1.165, 1.54) is 0 Å². The van der Waals surface area contributed by atoms with Crippen molar-refractivity contribution < 1.29 is 22.6 Å². The van der Waals surface area contributed by atoms with E-state index in [0.29, 0.717) is 12.2 Å².